The lowest BCUT2D eigenvalue weighted by atomic mass is 10.00. The minimum Gasteiger partial charge on any atom is -0.361 e. The fourth-order valence-corrected chi connectivity index (χ4v) is 5.98. The summed E-state index contributed by atoms with van der Waals surface area (Å²) in [5, 5.41) is 12.7. The van der Waals surface area contributed by atoms with Crippen molar-refractivity contribution < 1.29 is 28.5 Å². The molecule has 3 heterocycles. The molecule has 0 unspecified atom stereocenters. The van der Waals surface area contributed by atoms with Crippen molar-refractivity contribution in [2.45, 2.75) is 90.9 Å². The summed E-state index contributed by atoms with van der Waals surface area (Å²) in [6.45, 7) is 8.99. The van der Waals surface area contributed by atoms with E-state index in [1.807, 2.05) is 51.1 Å². The summed E-state index contributed by atoms with van der Waals surface area (Å²) in [6, 6.07) is 6.49. The van der Waals surface area contributed by atoms with Crippen molar-refractivity contribution in [3.63, 3.8) is 0 Å². The zero-order valence-corrected chi connectivity index (χ0v) is 26.2. The van der Waals surface area contributed by atoms with E-state index in [1.165, 1.54) is 9.80 Å². The molecule has 12 heteroatoms. The molecule has 0 aliphatic carbocycles. The molecule has 0 radical (unpaired) electrons. The standard InChI is InChI=1S/C32H44N6O6/c1-19(2)29-31(42)34-24(16-23-10-7-6-8-11-23)17-37(28(40)14-13-25-20(3)36-44-22(25)5)18-27(39)33-21(4)32(43)38-15-9-12-26(38)30(41)35-29/h6-8,10-11,19,21,24,26,29H,9,12-18H2,1-5H3,(H,33,39)(H,34,42)(H,35,41)/t21-,24-,26+,29-/m0/s1. The molecule has 238 valence electrons. The number of hydrogen-bond donors (Lipinski definition) is 3. The van der Waals surface area contributed by atoms with Crippen LogP contribution in [0, 0.1) is 19.8 Å². The Balaban J connectivity index is 1.66. The predicted octanol–water partition coefficient (Wildman–Crippen LogP) is 1.43. The SMILES string of the molecule is Cc1noc(C)c1CCC(=O)N1CC(=O)N[C@@H](C)C(=O)N2CCC[C@@H]2C(=O)N[C@@H](C(C)C)C(=O)N[C@@H](Cc2ccccc2)C1. The lowest BCUT2D eigenvalue weighted by Crippen LogP contribution is -2.58. The third-order valence-corrected chi connectivity index (χ3v) is 8.40. The molecule has 3 N–H and O–H groups in total. The number of rotatable bonds is 6. The number of aryl methyl sites for hydroxylation is 2. The van der Waals surface area contributed by atoms with E-state index in [9.17, 15) is 24.0 Å². The van der Waals surface area contributed by atoms with Gasteiger partial charge in [0.1, 0.15) is 23.9 Å². The molecule has 0 bridgehead atoms. The molecule has 44 heavy (non-hydrogen) atoms. The van der Waals surface area contributed by atoms with Gasteiger partial charge in [0.15, 0.2) is 0 Å². The third-order valence-electron chi connectivity index (χ3n) is 8.40. The average molecular weight is 609 g/mol. The van der Waals surface area contributed by atoms with Crippen molar-refractivity contribution >= 4 is 29.5 Å². The molecule has 1 aromatic carbocycles. The molecule has 5 amide bonds. The maximum absolute atomic E-state index is 13.7. The van der Waals surface area contributed by atoms with Crippen LogP contribution in [0.5, 0.6) is 0 Å². The Hall–Kier alpha value is -4.22. The quantitative estimate of drug-likeness (QED) is 0.448. The minimum absolute atomic E-state index is 0.0460. The normalized spacial score (nSPS) is 23.9. The summed E-state index contributed by atoms with van der Waals surface area (Å²) in [7, 11) is 0. The van der Waals surface area contributed by atoms with E-state index in [-0.39, 0.29) is 43.1 Å². The van der Waals surface area contributed by atoms with E-state index in [1.54, 1.807) is 13.8 Å². The van der Waals surface area contributed by atoms with Gasteiger partial charge < -0.3 is 30.3 Å². The number of aromatic nitrogens is 1. The highest BCUT2D eigenvalue weighted by Gasteiger charge is 2.39. The maximum Gasteiger partial charge on any atom is 0.245 e. The predicted molar refractivity (Wildman–Crippen MR) is 162 cm³/mol. The Morgan fingerprint density at radius 1 is 1.05 bits per heavy atom. The van der Waals surface area contributed by atoms with Gasteiger partial charge in [-0.15, -0.1) is 0 Å². The first-order valence-electron chi connectivity index (χ1n) is 15.4. The van der Waals surface area contributed by atoms with Gasteiger partial charge in [0, 0.05) is 25.1 Å². The summed E-state index contributed by atoms with van der Waals surface area (Å²) in [4.78, 5) is 70.4. The minimum atomic E-state index is -0.902. The van der Waals surface area contributed by atoms with Crippen LogP contribution in [-0.4, -0.2) is 88.3 Å². The van der Waals surface area contributed by atoms with Gasteiger partial charge in [-0.25, -0.2) is 0 Å². The number of amides is 5. The molecule has 1 aromatic heterocycles. The fraction of sp³-hybridized carbons (Fsp3) is 0.562. The van der Waals surface area contributed by atoms with Crippen molar-refractivity contribution in [1.82, 2.24) is 30.9 Å². The number of carbonyl (C=O) groups is 5. The number of nitrogens with one attached hydrogen (secondary N) is 3. The first-order chi connectivity index (χ1) is 20.9. The first kappa shape index (κ1) is 32.7. The highest BCUT2D eigenvalue weighted by molar-refractivity contribution is 5.95. The number of fused-ring (bicyclic) bond motifs is 1. The summed E-state index contributed by atoms with van der Waals surface area (Å²) < 4.78 is 5.25. The van der Waals surface area contributed by atoms with E-state index in [0.29, 0.717) is 43.7 Å². The molecule has 4 atom stereocenters. The molecule has 2 aliphatic rings. The second-order valence-electron chi connectivity index (χ2n) is 12.2. The van der Waals surface area contributed by atoms with Gasteiger partial charge in [-0.1, -0.05) is 49.3 Å². The summed E-state index contributed by atoms with van der Waals surface area (Å²) >= 11 is 0. The molecule has 0 spiro atoms. The van der Waals surface area contributed by atoms with Crippen molar-refractivity contribution in [2.75, 3.05) is 19.6 Å². The lowest BCUT2D eigenvalue weighted by molar-refractivity contribution is -0.142. The molecule has 2 aliphatic heterocycles. The lowest BCUT2D eigenvalue weighted by Gasteiger charge is -2.31. The van der Waals surface area contributed by atoms with E-state index < -0.39 is 36.0 Å². The third kappa shape index (κ3) is 8.03. The molecule has 2 fully saturated rings. The maximum atomic E-state index is 13.7. The summed E-state index contributed by atoms with van der Waals surface area (Å²) in [5.41, 5.74) is 2.48. The van der Waals surface area contributed by atoms with E-state index in [2.05, 4.69) is 21.1 Å². The largest absolute Gasteiger partial charge is 0.361 e. The van der Waals surface area contributed by atoms with Crippen molar-refractivity contribution in [1.29, 1.82) is 0 Å². The monoisotopic (exact) mass is 608 g/mol. The molecule has 2 aromatic rings. The Bertz CT molecular complexity index is 1340. The molecular weight excluding hydrogens is 564 g/mol. The Kier molecular flexibility index (Phi) is 10.8. The molecule has 0 saturated carbocycles. The summed E-state index contributed by atoms with van der Waals surface area (Å²) in [5.74, 6) is -1.56. The number of hydrogen-bond acceptors (Lipinski definition) is 7. The van der Waals surface area contributed by atoms with Gasteiger partial charge in [-0.05, 0) is 57.9 Å². The fourth-order valence-electron chi connectivity index (χ4n) is 5.98. The Morgan fingerprint density at radius 3 is 2.43 bits per heavy atom. The van der Waals surface area contributed by atoms with Crippen LogP contribution in [0.25, 0.3) is 0 Å². The second kappa shape index (κ2) is 14.5. The zero-order valence-electron chi connectivity index (χ0n) is 26.2. The van der Waals surface area contributed by atoms with Crippen LogP contribution in [0.2, 0.25) is 0 Å². The number of benzene rings is 1. The molecule has 4 rings (SSSR count). The highest BCUT2D eigenvalue weighted by atomic mass is 16.5. The Labute approximate surface area is 258 Å². The average Bonchev–Trinajstić information content (AvgIpc) is 3.59. The van der Waals surface area contributed by atoms with Crippen LogP contribution in [-0.2, 0) is 36.8 Å². The van der Waals surface area contributed by atoms with E-state index in [0.717, 1.165) is 11.1 Å². The number of nitrogens with zero attached hydrogens (tertiary/aromatic N) is 3. The van der Waals surface area contributed by atoms with Crippen molar-refractivity contribution in [3.05, 3.63) is 52.9 Å². The topological polar surface area (TPSA) is 154 Å². The first-order valence-corrected chi connectivity index (χ1v) is 15.4. The zero-order chi connectivity index (χ0) is 32.0. The molecule has 2 saturated heterocycles. The molecule has 12 nitrogen and oxygen atoms in total. The van der Waals surface area contributed by atoms with Gasteiger partial charge in [0.05, 0.1) is 18.3 Å². The van der Waals surface area contributed by atoms with Crippen LogP contribution in [0.15, 0.2) is 34.9 Å². The van der Waals surface area contributed by atoms with Gasteiger partial charge in [-0.3, -0.25) is 24.0 Å². The van der Waals surface area contributed by atoms with E-state index in [4.69, 9.17) is 4.52 Å². The van der Waals surface area contributed by atoms with Gasteiger partial charge >= 0.3 is 0 Å². The van der Waals surface area contributed by atoms with Crippen molar-refractivity contribution in [3.8, 4) is 0 Å². The summed E-state index contributed by atoms with van der Waals surface area (Å²) in [6.07, 6.45) is 1.97. The van der Waals surface area contributed by atoms with Crippen LogP contribution >= 0.6 is 0 Å². The van der Waals surface area contributed by atoms with Crippen LogP contribution in [0.3, 0.4) is 0 Å². The van der Waals surface area contributed by atoms with Crippen molar-refractivity contribution in [2.24, 2.45) is 5.92 Å². The van der Waals surface area contributed by atoms with Crippen LogP contribution in [0.1, 0.15) is 62.6 Å². The van der Waals surface area contributed by atoms with Gasteiger partial charge in [0.2, 0.25) is 29.5 Å². The second-order valence-corrected chi connectivity index (χ2v) is 12.2. The number of carbonyl (C=O) groups excluding carboxylic acids is 5. The molecular formula is C32H44N6O6. The highest BCUT2D eigenvalue weighted by Crippen LogP contribution is 2.20. The van der Waals surface area contributed by atoms with E-state index >= 15 is 0 Å². The Morgan fingerprint density at radius 2 is 1.77 bits per heavy atom. The van der Waals surface area contributed by atoms with Gasteiger partial charge in [0.25, 0.3) is 0 Å². The van der Waals surface area contributed by atoms with Gasteiger partial charge in [-0.2, -0.15) is 0 Å². The van der Waals surface area contributed by atoms with Crippen LogP contribution in [0.4, 0.5) is 0 Å². The van der Waals surface area contributed by atoms with Crippen LogP contribution < -0.4 is 16.0 Å². The smallest absolute Gasteiger partial charge is 0.245 e.